The molecule has 0 N–H and O–H groups in total. The van der Waals surface area contributed by atoms with E-state index < -0.39 is 0 Å². The van der Waals surface area contributed by atoms with Gasteiger partial charge in [-0.25, -0.2) is 0 Å². The van der Waals surface area contributed by atoms with Gasteiger partial charge in [-0.2, -0.15) is 0 Å². The molecule has 0 bridgehead atoms. The van der Waals surface area contributed by atoms with Crippen LogP contribution in [-0.2, 0) is 4.79 Å². The average molecular weight is 224 g/mol. The first-order chi connectivity index (χ1) is 7.25. The molecule has 0 unspecified atom stereocenters. The van der Waals surface area contributed by atoms with Crippen molar-refractivity contribution in [3.63, 3.8) is 0 Å². The van der Waals surface area contributed by atoms with E-state index in [9.17, 15) is 4.79 Å². The first-order valence-corrected chi connectivity index (χ1v) is 5.76. The quantitative estimate of drug-likeness (QED) is 0.736. The van der Waals surface area contributed by atoms with Crippen molar-refractivity contribution < 1.29 is 14.3 Å². The Labute approximate surface area is 92.8 Å². The second-order valence-electron chi connectivity index (χ2n) is 3.32. The van der Waals surface area contributed by atoms with Crippen LogP contribution in [0.2, 0.25) is 0 Å². The van der Waals surface area contributed by atoms with Crippen LogP contribution < -0.4 is 9.47 Å². The SMILES string of the molecule is CC(=O)CCSc1ccc2c(c1)OCO2. The molecule has 1 aliphatic heterocycles. The predicted octanol–water partition coefficient (Wildman–Crippen LogP) is 2.49. The van der Waals surface area contributed by atoms with Crippen LogP contribution in [0.15, 0.2) is 23.1 Å². The Kier molecular flexibility index (Phi) is 3.16. The molecule has 1 aromatic rings. The van der Waals surface area contributed by atoms with Gasteiger partial charge >= 0.3 is 0 Å². The summed E-state index contributed by atoms with van der Waals surface area (Å²) in [5, 5.41) is 0. The Morgan fingerprint density at radius 3 is 3.00 bits per heavy atom. The number of benzene rings is 1. The van der Waals surface area contributed by atoms with Gasteiger partial charge in [0, 0.05) is 17.1 Å². The van der Waals surface area contributed by atoms with E-state index in [4.69, 9.17) is 9.47 Å². The Hall–Kier alpha value is -1.16. The van der Waals surface area contributed by atoms with Gasteiger partial charge in [-0.05, 0) is 25.1 Å². The van der Waals surface area contributed by atoms with E-state index in [0.717, 1.165) is 22.1 Å². The molecule has 0 spiro atoms. The summed E-state index contributed by atoms with van der Waals surface area (Å²) < 4.78 is 10.5. The number of fused-ring (bicyclic) bond motifs is 1. The zero-order valence-corrected chi connectivity index (χ0v) is 9.30. The van der Waals surface area contributed by atoms with Gasteiger partial charge in [-0.3, -0.25) is 4.79 Å². The number of Topliss-reactive ketones (excluding diaryl/α,β-unsaturated/α-hetero) is 1. The van der Waals surface area contributed by atoms with Crippen LogP contribution in [0.1, 0.15) is 13.3 Å². The van der Waals surface area contributed by atoms with Crippen molar-refractivity contribution in [2.24, 2.45) is 0 Å². The minimum absolute atomic E-state index is 0.225. The molecule has 0 aliphatic carbocycles. The molecule has 4 heteroatoms. The molecule has 0 fully saturated rings. The molecule has 3 nitrogen and oxygen atoms in total. The van der Waals surface area contributed by atoms with Crippen molar-refractivity contribution in [2.75, 3.05) is 12.5 Å². The zero-order valence-electron chi connectivity index (χ0n) is 8.49. The first-order valence-electron chi connectivity index (χ1n) is 4.77. The summed E-state index contributed by atoms with van der Waals surface area (Å²) in [7, 11) is 0. The Morgan fingerprint density at radius 1 is 1.40 bits per heavy atom. The standard InChI is InChI=1S/C11H12O3S/c1-8(12)4-5-15-9-2-3-10-11(6-9)14-7-13-10/h2-3,6H,4-5,7H2,1H3. The van der Waals surface area contributed by atoms with Gasteiger partial charge < -0.3 is 9.47 Å². The number of carbonyl (C=O) groups excluding carboxylic acids is 1. The number of thioether (sulfide) groups is 1. The summed E-state index contributed by atoms with van der Waals surface area (Å²) in [6.45, 7) is 1.91. The van der Waals surface area contributed by atoms with E-state index in [1.807, 2.05) is 18.2 Å². The van der Waals surface area contributed by atoms with Crippen LogP contribution in [0.3, 0.4) is 0 Å². The molecule has 0 amide bonds. The third kappa shape index (κ3) is 2.65. The summed E-state index contributed by atoms with van der Waals surface area (Å²) >= 11 is 1.66. The molecule has 1 aliphatic rings. The minimum Gasteiger partial charge on any atom is -0.454 e. The van der Waals surface area contributed by atoms with Crippen LogP contribution in [-0.4, -0.2) is 18.3 Å². The van der Waals surface area contributed by atoms with Gasteiger partial charge in [0.25, 0.3) is 0 Å². The highest BCUT2D eigenvalue weighted by Crippen LogP contribution is 2.35. The lowest BCUT2D eigenvalue weighted by Gasteiger charge is -2.01. The van der Waals surface area contributed by atoms with Crippen molar-refractivity contribution in [3.05, 3.63) is 18.2 Å². The molecular formula is C11H12O3S. The van der Waals surface area contributed by atoms with E-state index in [1.54, 1.807) is 18.7 Å². The van der Waals surface area contributed by atoms with E-state index in [1.165, 1.54) is 0 Å². The van der Waals surface area contributed by atoms with Crippen molar-refractivity contribution in [1.29, 1.82) is 0 Å². The third-order valence-corrected chi connectivity index (χ3v) is 3.06. The van der Waals surface area contributed by atoms with Crippen LogP contribution in [0.4, 0.5) is 0 Å². The Morgan fingerprint density at radius 2 is 2.20 bits per heavy atom. The summed E-state index contributed by atoms with van der Waals surface area (Å²) in [5.74, 6) is 2.63. The van der Waals surface area contributed by atoms with Gasteiger partial charge in [0.05, 0.1) is 0 Å². The summed E-state index contributed by atoms with van der Waals surface area (Å²) in [4.78, 5) is 11.9. The molecule has 80 valence electrons. The van der Waals surface area contributed by atoms with Crippen molar-refractivity contribution >= 4 is 17.5 Å². The number of ether oxygens (including phenoxy) is 2. The zero-order chi connectivity index (χ0) is 10.7. The fourth-order valence-electron chi connectivity index (χ4n) is 1.28. The first kappa shape index (κ1) is 10.4. The van der Waals surface area contributed by atoms with Crippen molar-refractivity contribution in [2.45, 2.75) is 18.2 Å². The highest BCUT2D eigenvalue weighted by Gasteiger charge is 2.13. The number of rotatable bonds is 4. The molecule has 0 saturated heterocycles. The molecule has 1 aromatic carbocycles. The fraction of sp³-hybridized carbons (Fsp3) is 0.364. The molecule has 2 rings (SSSR count). The van der Waals surface area contributed by atoms with Crippen LogP contribution in [0, 0.1) is 0 Å². The van der Waals surface area contributed by atoms with Crippen LogP contribution in [0.5, 0.6) is 11.5 Å². The maximum Gasteiger partial charge on any atom is 0.231 e. The normalized spacial score (nSPS) is 12.9. The van der Waals surface area contributed by atoms with Crippen LogP contribution >= 0.6 is 11.8 Å². The molecule has 0 radical (unpaired) electrons. The maximum atomic E-state index is 10.8. The number of hydrogen-bond donors (Lipinski definition) is 0. The van der Waals surface area contributed by atoms with E-state index in [0.29, 0.717) is 13.2 Å². The Balaban J connectivity index is 1.95. The summed E-state index contributed by atoms with van der Waals surface area (Å²) in [5.41, 5.74) is 0. The predicted molar refractivity (Wildman–Crippen MR) is 58.6 cm³/mol. The number of hydrogen-bond acceptors (Lipinski definition) is 4. The lowest BCUT2D eigenvalue weighted by molar-refractivity contribution is -0.116. The summed E-state index contributed by atoms with van der Waals surface area (Å²) in [6, 6.07) is 5.84. The molecule has 0 atom stereocenters. The van der Waals surface area contributed by atoms with Gasteiger partial charge in [-0.1, -0.05) is 0 Å². The monoisotopic (exact) mass is 224 g/mol. The molecule has 0 aromatic heterocycles. The molecular weight excluding hydrogens is 212 g/mol. The number of ketones is 1. The van der Waals surface area contributed by atoms with Crippen molar-refractivity contribution in [3.8, 4) is 11.5 Å². The van der Waals surface area contributed by atoms with Gasteiger partial charge in [0.2, 0.25) is 6.79 Å². The fourth-order valence-corrected chi connectivity index (χ4v) is 2.26. The topological polar surface area (TPSA) is 35.5 Å². The maximum absolute atomic E-state index is 10.8. The number of carbonyl (C=O) groups is 1. The minimum atomic E-state index is 0.225. The van der Waals surface area contributed by atoms with E-state index >= 15 is 0 Å². The second kappa shape index (κ2) is 4.57. The van der Waals surface area contributed by atoms with Gasteiger partial charge in [-0.15, -0.1) is 11.8 Å². The molecule has 0 saturated carbocycles. The lowest BCUT2D eigenvalue weighted by Crippen LogP contribution is -1.93. The van der Waals surface area contributed by atoms with E-state index in [-0.39, 0.29) is 5.78 Å². The summed E-state index contributed by atoms with van der Waals surface area (Å²) in [6.07, 6.45) is 0.610. The van der Waals surface area contributed by atoms with E-state index in [2.05, 4.69) is 0 Å². The van der Waals surface area contributed by atoms with Gasteiger partial charge in [0.15, 0.2) is 11.5 Å². The van der Waals surface area contributed by atoms with Gasteiger partial charge in [0.1, 0.15) is 5.78 Å². The molecule has 1 heterocycles. The second-order valence-corrected chi connectivity index (χ2v) is 4.48. The third-order valence-electron chi connectivity index (χ3n) is 2.07. The average Bonchev–Trinajstić information content (AvgIpc) is 2.64. The highest BCUT2D eigenvalue weighted by molar-refractivity contribution is 7.99. The largest absolute Gasteiger partial charge is 0.454 e. The molecule has 15 heavy (non-hydrogen) atoms. The van der Waals surface area contributed by atoms with Crippen molar-refractivity contribution in [1.82, 2.24) is 0 Å². The highest BCUT2D eigenvalue weighted by atomic mass is 32.2. The lowest BCUT2D eigenvalue weighted by atomic mass is 10.3. The van der Waals surface area contributed by atoms with Crippen LogP contribution in [0.25, 0.3) is 0 Å². The smallest absolute Gasteiger partial charge is 0.231 e. The Bertz CT molecular complexity index is 376.